The lowest BCUT2D eigenvalue weighted by molar-refractivity contribution is 0.0469. The second-order valence-electron chi connectivity index (χ2n) is 4.13. The van der Waals surface area contributed by atoms with Gasteiger partial charge < -0.3 is 19.7 Å². The Balaban J connectivity index is 2.02. The maximum Gasteiger partial charge on any atom is 0.342 e. The van der Waals surface area contributed by atoms with E-state index in [0.29, 0.717) is 5.75 Å². The summed E-state index contributed by atoms with van der Waals surface area (Å²) >= 11 is 0. The second-order valence-corrected chi connectivity index (χ2v) is 4.13. The number of phenolic OH excluding ortho intramolecular Hbond substituents is 2. The first-order chi connectivity index (χ1) is 9.60. The van der Waals surface area contributed by atoms with Crippen LogP contribution in [0.5, 0.6) is 17.2 Å². The van der Waals surface area contributed by atoms with E-state index in [1.54, 1.807) is 31.4 Å². The first kappa shape index (κ1) is 13.7. The molecule has 5 heteroatoms. The molecule has 2 rings (SSSR count). The molecule has 0 bridgehead atoms. The average molecular weight is 274 g/mol. The molecular weight excluding hydrogens is 260 g/mol. The van der Waals surface area contributed by atoms with Crippen molar-refractivity contribution in [2.45, 2.75) is 6.61 Å². The molecule has 0 fully saturated rings. The molecule has 2 aromatic carbocycles. The number of hydrogen-bond donors (Lipinski definition) is 2. The number of carbonyl (C=O) groups excluding carboxylic acids is 1. The van der Waals surface area contributed by atoms with Crippen LogP contribution in [0.3, 0.4) is 0 Å². The molecule has 104 valence electrons. The van der Waals surface area contributed by atoms with E-state index in [1.807, 2.05) is 0 Å². The normalized spacial score (nSPS) is 10.1. The smallest absolute Gasteiger partial charge is 0.342 e. The van der Waals surface area contributed by atoms with Crippen LogP contribution in [-0.4, -0.2) is 23.3 Å². The number of benzene rings is 2. The van der Waals surface area contributed by atoms with E-state index in [9.17, 15) is 15.0 Å². The third-order valence-corrected chi connectivity index (χ3v) is 2.73. The van der Waals surface area contributed by atoms with Crippen LogP contribution in [0.15, 0.2) is 42.5 Å². The highest BCUT2D eigenvalue weighted by Crippen LogP contribution is 2.23. The molecule has 0 saturated carbocycles. The third-order valence-electron chi connectivity index (χ3n) is 2.73. The molecule has 0 radical (unpaired) electrons. The predicted octanol–water partition coefficient (Wildman–Crippen LogP) is 2.46. The Morgan fingerprint density at radius 1 is 1.10 bits per heavy atom. The number of phenols is 2. The summed E-state index contributed by atoms with van der Waals surface area (Å²) in [5.74, 6) is -0.332. The van der Waals surface area contributed by atoms with Gasteiger partial charge in [0.1, 0.15) is 29.4 Å². The van der Waals surface area contributed by atoms with Crippen molar-refractivity contribution in [3.8, 4) is 17.2 Å². The summed E-state index contributed by atoms with van der Waals surface area (Å²) in [5, 5.41) is 18.8. The highest BCUT2D eigenvalue weighted by atomic mass is 16.5. The third kappa shape index (κ3) is 3.20. The maximum atomic E-state index is 11.8. The Bertz CT molecular complexity index is 604. The van der Waals surface area contributed by atoms with Gasteiger partial charge >= 0.3 is 5.97 Å². The van der Waals surface area contributed by atoms with E-state index in [2.05, 4.69) is 0 Å². The van der Waals surface area contributed by atoms with Crippen molar-refractivity contribution in [1.82, 2.24) is 0 Å². The van der Waals surface area contributed by atoms with Crippen molar-refractivity contribution < 1.29 is 24.5 Å². The van der Waals surface area contributed by atoms with Gasteiger partial charge in [-0.15, -0.1) is 0 Å². The Morgan fingerprint density at radius 3 is 2.45 bits per heavy atom. The maximum absolute atomic E-state index is 11.8. The van der Waals surface area contributed by atoms with Gasteiger partial charge in [0.15, 0.2) is 0 Å². The summed E-state index contributed by atoms with van der Waals surface area (Å²) in [4.78, 5) is 11.8. The van der Waals surface area contributed by atoms with Crippen LogP contribution in [0.4, 0.5) is 0 Å². The predicted molar refractivity (Wildman–Crippen MR) is 71.9 cm³/mol. The Hall–Kier alpha value is -2.69. The molecule has 0 spiro atoms. The van der Waals surface area contributed by atoms with Crippen LogP contribution in [0.25, 0.3) is 0 Å². The van der Waals surface area contributed by atoms with Crippen LogP contribution < -0.4 is 4.74 Å². The molecule has 0 aliphatic carbocycles. The molecule has 20 heavy (non-hydrogen) atoms. The van der Waals surface area contributed by atoms with Gasteiger partial charge in [0.25, 0.3) is 0 Å². The van der Waals surface area contributed by atoms with E-state index in [4.69, 9.17) is 9.47 Å². The van der Waals surface area contributed by atoms with E-state index in [0.717, 1.165) is 11.6 Å². The number of aromatic hydroxyl groups is 2. The lowest BCUT2D eigenvalue weighted by atomic mass is 10.2. The molecule has 0 unspecified atom stereocenters. The lowest BCUT2D eigenvalue weighted by Gasteiger charge is -2.07. The largest absolute Gasteiger partial charge is 0.508 e. The Morgan fingerprint density at radius 2 is 1.80 bits per heavy atom. The van der Waals surface area contributed by atoms with Crippen LogP contribution in [-0.2, 0) is 11.3 Å². The first-order valence-corrected chi connectivity index (χ1v) is 5.92. The molecular formula is C15H14O5. The number of esters is 1. The number of rotatable bonds is 4. The fraction of sp³-hybridized carbons (Fsp3) is 0.133. The SMILES string of the molecule is COc1ccc(COC(=O)c2cc(O)ccc2O)cc1. The monoisotopic (exact) mass is 274 g/mol. The van der Waals surface area contributed by atoms with Crippen molar-refractivity contribution in [1.29, 1.82) is 0 Å². The molecule has 2 N–H and O–H groups in total. The van der Waals surface area contributed by atoms with E-state index in [1.165, 1.54) is 12.1 Å². The van der Waals surface area contributed by atoms with E-state index in [-0.39, 0.29) is 23.7 Å². The molecule has 0 aliphatic heterocycles. The van der Waals surface area contributed by atoms with Crippen molar-refractivity contribution in [3.63, 3.8) is 0 Å². The number of methoxy groups -OCH3 is 1. The van der Waals surface area contributed by atoms with E-state index >= 15 is 0 Å². The van der Waals surface area contributed by atoms with Crippen molar-refractivity contribution in [2.75, 3.05) is 7.11 Å². The summed E-state index contributed by atoms with van der Waals surface area (Å²) < 4.78 is 10.1. The minimum atomic E-state index is -0.700. The second kappa shape index (κ2) is 5.97. The minimum absolute atomic E-state index is 0.0674. The zero-order chi connectivity index (χ0) is 14.5. The minimum Gasteiger partial charge on any atom is -0.508 e. The molecule has 0 aliphatic rings. The molecule has 0 atom stereocenters. The van der Waals surface area contributed by atoms with Crippen LogP contribution >= 0.6 is 0 Å². The number of ether oxygens (including phenoxy) is 2. The Labute approximate surface area is 116 Å². The van der Waals surface area contributed by atoms with Crippen molar-refractivity contribution in [2.24, 2.45) is 0 Å². The van der Waals surface area contributed by atoms with E-state index < -0.39 is 5.97 Å². The molecule has 5 nitrogen and oxygen atoms in total. The number of carbonyl (C=O) groups is 1. The van der Waals surface area contributed by atoms with Gasteiger partial charge in [0, 0.05) is 0 Å². The van der Waals surface area contributed by atoms with Gasteiger partial charge in [-0.3, -0.25) is 0 Å². The van der Waals surface area contributed by atoms with Crippen LogP contribution in [0.1, 0.15) is 15.9 Å². The summed E-state index contributed by atoms with van der Waals surface area (Å²) in [5.41, 5.74) is 0.720. The highest BCUT2D eigenvalue weighted by Gasteiger charge is 2.13. The van der Waals surface area contributed by atoms with Gasteiger partial charge in [0.05, 0.1) is 7.11 Å². The summed E-state index contributed by atoms with van der Waals surface area (Å²) in [6.07, 6.45) is 0. The number of hydrogen-bond acceptors (Lipinski definition) is 5. The molecule has 0 amide bonds. The van der Waals surface area contributed by atoms with Crippen LogP contribution in [0.2, 0.25) is 0 Å². The van der Waals surface area contributed by atoms with Gasteiger partial charge in [-0.1, -0.05) is 12.1 Å². The fourth-order valence-electron chi connectivity index (χ4n) is 1.64. The molecule has 2 aromatic rings. The Kier molecular flexibility index (Phi) is 4.10. The quantitative estimate of drug-likeness (QED) is 0.661. The summed E-state index contributed by atoms with van der Waals surface area (Å²) in [6, 6.07) is 10.7. The van der Waals surface area contributed by atoms with Gasteiger partial charge in [-0.2, -0.15) is 0 Å². The summed E-state index contributed by atoms with van der Waals surface area (Å²) in [6.45, 7) is 0.0674. The van der Waals surface area contributed by atoms with Gasteiger partial charge in [-0.25, -0.2) is 4.79 Å². The zero-order valence-corrected chi connectivity index (χ0v) is 10.9. The first-order valence-electron chi connectivity index (χ1n) is 5.92. The zero-order valence-electron chi connectivity index (χ0n) is 10.9. The lowest BCUT2D eigenvalue weighted by Crippen LogP contribution is -2.05. The summed E-state index contributed by atoms with van der Waals surface area (Å²) in [7, 11) is 1.57. The molecule has 0 aromatic heterocycles. The van der Waals surface area contributed by atoms with Gasteiger partial charge in [-0.05, 0) is 35.9 Å². The highest BCUT2D eigenvalue weighted by molar-refractivity contribution is 5.92. The molecule has 0 heterocycles. The topological polar surface area (TPSA) is 76.0 Å². The molecule has 0 saturated heterocycles. The fourth-order valence-corrected chi connectivity index (χ4v) is 1.64. The van der Waals surface area contributed by atoms with Gasteiger partial charge in [0.2, 0.25) is 0 Å². The average Bonchev–Trinajstić information content (AvgIpc) is 2.47. The van der Waals surface area contributed by atoms with Crippen molar-refractivity contribution >= 4 is 5.97 Å². The standard InChI is InChI=1S/C15H14O5/c1-19-12-5-2-10(3-6-12)9-20-15(18)13-8-11(16)4-7-14(13)17/h2-8,16-17H,9H2,1H3. The van der Waals surface area contributed by atoms with Crippen LogP contribution in [0, 0.1) is 0 Å². The van der Waals surface area contributed by atoms with Crippen molar-refractivity contribution in [3.05, 3.63) is 53.6 Å².